The summed E-state index contributed by atoms with van der Waals surface area (Å²) in [5.74, 6) is -0.0387. The molecule has 1 aliphatic rings. The minimum absolute atomic E-state index is 0.0682. The first kappa shape index (κ1) is 25.7. The normalized spacial score (nSPS) is 16.7. The van der Waals surface area contributed by atoms with Gasteiger partial charge in [0.15, 0.2) is 9.84 Å². The average Bonchev–Trinajstić information content (AvgIpc) is 3.21. The third-order valence-corrected chi connectivity index (χ3v) is 8.34. The topological polar surface area (TPSA) is 102 Å². The van der Waals surface area contributed by atoms with Gasteiger partial charge in [-0.1, -0.05) is 53.5 Å². The quantitative estimate of drug-likeness (QED) is 0.439. The monoisotopic (exact) mass is 537 g/mol. The number of aromatic nitrogens is 2. The fraction of sp³-hybridized carbons (Fsp3) is 0.333. The summed E-state index contributed by atoms with van der Waals surface area (Å²) in [4.78, 5) is 15.4. The summed E-state index contributed by atoms with van der Waals surface area (Å²) >= 11 is 13.0. The van der Waals surface area contributed by atoms with Crippen LogP contribution >= 0.6 is 23.2 Å². The Morgan fingerprint density at radius 3 is 2.49 bits per heavy atom. The van der Waals surface area contributed by atoms with Gasteiger partial charge in [-0.15, -0.1) is 0 Å². The van der Waals surface area contributed by atoms with E-state index >= 15 is 0 Å². The van der Waals surface area contributed by atoms with Crippen molar-refractivity contribution in [1.29, 1.82) is 0 Å². The maximum atomic E-state index is 13.4. The second-order valence-electron chi connectivity index (χ2n) is 8.37. The van der Waals surface area contributed by atoms with E-state index in [1.807, 2.05) is 23.1 Å². The number of benzene rings is 2. The molecule has 1 aliphatic heterocycles. The highest BCUT2D eigenvalue weighted by molar-refractivity contribution is 7.91. The van der Waals surface area contributed by atoms with E-state index in [-0.39, 0.29) is 40.1 Å². The molecule has 2 aromatic carbocycles. The van der Waals surface area contributed by atoms with Gasteiger partial charge in [-0.3, -0.25) is 9.69 Å². The number of carbonyl (C=O) groups is 1. The van der Waals surface area contributed by atoms with Crippen LogP contribution in [-0.4, -0.2) is 65.2 Å². The van der Waals surface area contributed by atoms with Gasteiger partial charge < -0.3 is 9.84 Å². The molecule has 0 saturated carbocycles. The first-order valence-corrected chi connectivity index (χ1v) is 13.6. The second kappa shape index (κ2) is 10.7. The molecule has 1 fully saturated rings. The van der Waals surface area contributed by atoms with Crippen LogP contribution in [0.2, 0.25) is 10.0 Å². The summed E-state index contributed by atoms with van der Waals surface area (Å²) in [7, 11) is -1.38. The van der Waals surface area contributed by atoms with Crippen molar-refractivity contribution in [3.05, 3.63) is 81.0 Å². The lowest BCUT2D eigenvalue weighted by Crippen LogP contribution is -2.39. The Kier molecular flexibility index (Phi) is 7.83. The number of aryl methyl sites for hydroxylation is 1. The van der Waals surface area contributed by atoms with Crippen LogP contribution in [0.3, 0.4) is 0 Å². The Hall–Kier alpha value is -2.43. The van der Waals surface area contributed by atoms with Gasteiger partial charge in [0.2, 0.25) is 11.7 Å². The smallest absolute Gasteiger partial charge is 0.223 e. The molecular weight excluding hydrogens is 513 g/mol. The third kappa shape index (κ3) is 5.87. The van der Waals surface area contributed by atoms with E-state index in [0.29, 0.717) is 35.8 Å². The predicted molar refractivity (Wildman–Crippen MR) is 134 cm³/mol. The molecule has 1 atom stereocenters. The van der Waals surface area contributed by atoms with Crippen molar-refractivity contribution < 1.29 is 23.1 Å². The molecule has 1 N–H and O–H groups in total. The fourth-order valence-electron chi connectivity index (χ4n) is 3.88. The number of rotatable bonds is 8. The minimum atomic E-state index is -3.02. The number of nitrogens with zero attached hydrogens (tertiary/aromatic N) is 3. The Labute approximate surface area is 213 Å². The molecule has 1 unspecified atom stereocenters. The van der Waals surface area contributed by atoms with Crippen molar-refractivity contribution in [1.82, 2.24) is 14.7 Å². The molecule has 1 aromatic heterocycles. The van der Waals surface area contributed by atoms with E-state index in [2.05, 4.69) is 5.10 Å². The number of sulfone groups is 1. The molecule has 3 aromatic rings. The van der Waals surface area contributed by atoms with E-state index in [1.165, 1.54) is 10.9 Å². The maximum absolute atomic E-state index is 13.4. The van der Waals surface area contributed by atoms with Gasteiger partial charge in [-0.25, -0.2) is 13.1 Å². The van der Waals surface area contributed by atoms with Crippen LogP contribution in [0.25, 0.3) is 0 Å². The molecule has 4 rings (SSSR count). The highest BCUT2D eigenvalue weighted by atomic mass is 35.5. The van der Waals surface area contributed by atoms with Crippen LogP contribution in [0.1, 0.15) is 33.2 Å². The van der Waals surface area contributed by atoms with Crippen LogP contribution in [-0.2, 0) is 23.4 Å². The average molecular weight is 538 g/mol. The number of halogens is 2. The van der Waals surface area contributed by atoms with Gasteiger partial charge in [0, 0.05) is 42.8 Å². The molecule has 0 aliphatic carbocycles. The van der Waals surface area contributed by atoms with Gasteiger partial charge in [-0.05, 0) is 17.7 Å². The van der Waals surface area contributed by atoms with E-state index < -0.39 is 21.7 Å². The van der Waals surface area contributed by atoms with E-state index in [1.54, 1.807) is 31.3 Å². The number of ketones is 1. The van der Waals surface area contributed by atoms with E-state index in [4.69, 9.17) is 27.9 Å². The van der Waals surface area contributed by atoms with Crippen LogP contribution < -0.4 is 4.74 Å². The fourth-order valence-corrected chi connectivity index (χ4v) is 5.73. The van der Waals surface area contributed by atoms with Crippen LogP contribution in [0.4, 0.5) is 0 Å². The number of hydrogen-bond donors (Lipinski definition) is 1. The predicted octanol–water partition coefficient (Wildman–Crippen LogP) is 3.30. The number of aliphatic hydroxyl groups is 1. The molecule has 1 saturated heterocycles. The standard InChI is InChI=1S/C24H25Cl2N3O5S/c1-28-24(34-15-21(30)16-5-3-2-4-6-16)18(13-27-28)23(31)17-7-8-20(25)19(22(17)26)14-29-9-11-35(32,33)12-10-29/h2-8,13,21,30H,9-12,14-15H2,1H3. The van der Waals surface area contributed by atoms with Crippen molar-refractivity contribution in [2.45, 2.75) is 12.6 Å². The maximum Gasteiger partial charge on any atom is 0.223 e. The second-order valence-corrected chi connectivity index (χ2v) is 11.5. The van der Waals surface area contributed by atoms with E-state index in [9.17, 15) is 18.3 Å². The summed E-state index contributed by atoms with van der Waals surface area (Å²) in [5.41, 5.74) is 1.69. The van der Waals surface area contributed by atoms with Crippen molar-refractivity contribution in [2.75, 3.05) is 31.2 Å². The zero-order valence-electron chi connectivity index (χ0n) is 19.0. The lowest BCUT2D eigenvalue weighted by Gasteiger charge is -2.27. The van der Waals surface area contributed by atoms with E-state index in [0.717, 1.165) is 0 Å². The summed E-state index contributed by atoms with van der Waals surface area (Å²) in [6, 6.07) is 12.2. The Morgan fingerprint density at radius 1 is 1.11 bits per heavy atom. The molecule has 0 bridgehead atoms. The van der Waals surface area contributed by atoms with Crippen molar-refractivity contribution in [2.24, 2.45) is 7.05 Å². The zero-order chi connectivity index (χ0) is 25.2. The Balaban J connectivity index is 1.54. The van der Waals surface area contributed by atoms with Crippen molar-refractivity contribution in [3.63, 3.8) is 0 Å². The lowest BCUT2D eigenvalue weighted by atomic mass is 10.0. The SMILES string of the molecule is Cn1ncc(C(=O)c2ccc(Cl)c(CN3CCS(=O)(=O)CC3)c2Cl)c1OCC(O)c1ccccc1. The van der Waals surface area contributed by atoms with Crippen LogP contribution in [0, 0.1) is 0 Å². The van der Waals surface area contributed by atoms with Crippen LogP contribution in [0.5, 0.6) is 5.88 Å². The van der Waals surface area contributed by atoms with Crippen molar-refractivity contribution >= 4 is 38.8 Å². The van der Waals surface area contributed by atoms with Gasteiger partial charge in [0.25, 0.3) is 0 Å². The van der Waals surface area contributed by atoms with Crippen molar-refractivity contribution in [3.8, 4) is 5.88 Å². The van der Waals surface area contributed by atoms with Gasteiger partial charge >= 0.3 is 0 Å². The third-order valence-electron chi connectivity index (χ3n) is 5.94. The highest BCUT2D eigenvalue weighted by Gasteiger charge is 2.27. The number of carbonyl (C=O) groups excluding carboxylic acids is 1. The summed E-state index contributed by atoms with van der Waals surface area (Å²) in [5, 5.41) is 15.2. The highest BCUT2D eigenvalue weighted by Crippen LogP contribution is 2.33. The zero-order valence-corrected chi connectivity index (χ0v) is 21.4. The number of ether oxygens (including phenoxy) is 1. The van der Waals surface area contributed by atoms with Gasteiger partial charge in [-0.2, -0.15) is 5.10 Å². The molecule has 8 nitrogen and oxygen atoms in total. The van der Waals surface area contributed by atoms with Gasteiger partial charge in [0.1, 0.15) is 18.3 Å². The molecule has 2 heterocycles. The first-order valence-electron chi connectivity index (χ1n) is 11.0. The number of aliphatic hydroxyl groups excluding tert-OH is 1. The molecular formula is C24H25Cl2N3O5S. The number of hydrogen-bond acceptors (Lipinski definition) is 7. The first-order chi connectivity index (χ1) is 16.7. The summed E-state index contributed by atoms with van der Waals surface area (Å²) in [6.07, 6.45) is 0.514. The van der Waals surface area contributed by atoms with Gasteiger partial charge in [0.05, 0.1) is 22.7 Å². The summed E-state index contributed by atoms with van der Waals surface area (Å²) < 4.78 is 30.7. The molecule has 0 spiro atoms. The molecule has 0 radical (unpaired) electrons. The molecule has 186 valence electrons. The molecule has 11 heteroatoms. The molecule has 35 heavy (non-hydrogen) atoms. The largest absolute Gasteiger partial charge is 0.474 e. The Morgan fingerprint density at radius 2 is 1.80 bits per heavy atom. The minimum Gasteiger partial charge on any atom is -0.474 e. The summed E-state index contributed by atoms with van der Waals surface area (Å²) in [6.45, 7) is 1.00. The van der Waals surface area contributed by atoms with Crippen LogP contribution in [0.15, 0.2) is 48.7 Å². The Bertz CT molecular complexity index is 1310. The lowest BCUT2D eigenvalue weighted by molar-refractivity contribution is 0.0969. The molecule has 0 amide bonds.